The fourth-order valence-corrected chi connectivity index (χ4v) is 3.27. The van der Waals surface area contributed by atoms with Crippen LogP contribution in [0.5, 0.6) is 0 Å². The number of nitrogens with zero attached hydrogens (tertiary/aromatic N) is 3. The van der Waals surface area contributed by atoms with Crippen molar-refractivity contribution in [3.8, 4) is 0 Å². The van der Waals surface area contributed by atoms with Crippen LogP contribution in [-0.2, 0) is 25.8 Å². The van der Waals surface area contributed by atoms with Gasteiger partial charge in [-0.3, -0.25) is 0 Å². The predicted molar refractivity (Wildman–Crippen MR) is 98.7 cm³/mol. The van der Waals surface area contributed by atoms with E-state index < -0.39 is 0 Å². The van der Waals surface area contributed by atoms with Crippen molar-refractivity contribution in [1.29, 1.82) is 0 Å². The molecule has 1 aliphatic heterocycles. The van der Waals surface area contributed by atoms with Crippen molar-refractivity contribution in [2.45, 2.75) is 65.5 Å². The maximum absolute atomic E-state index is 12.6. The predicted octanol–water partition coefficient (Wildman–Crippen LogP) is 3.62. The number of benzene rings is 1. The third-order valence-electron chi connectivity index (χ3n) is 4.75. The zero-order chi connectivity index (χ0) is 17.8. The molecule has 1 atom stereocenters. The number of amides is 2. The molecule has 25 heavy (non-hydrogen) atoms. The smallest absolute Gasteiger partial charge is 0.319 e. The number of carbonyl (C=O) groups is 1. The molecule has 1 aromatic heterocycles. The van der Waals surface area contributed by atoms with Crippen LogP contribution in [0.25, 0.3) is 0 Å². The van der Waals surface area contributed by atoms with Crippen LogP contribution in [0.3, 0.4) is 0 Å². The molecule has 1 aromatic carbocycles. The molecule has 1 aliphatic rings. The minimum absolute atomic E-state index is 0.0824. The van der Waals surface area contributed by atoms with Gasteiger partial charge in [-0.05, 0) is 42.9 Å². The Morgan fingerprint density at radius 3 is 2.80 bits per heavy atom. The molecule has 2 amide bonds. The van der Waals surface area contributed by atoms with Gasteiger partial charge in [0, 0.05) is 18.7 Å². The third kappa shape index (κ3) is 3.83. The van der Waals surface area contributed by atoms with Crippen LogP contribution in [0, 0.1) is 0 Å². The second-order valence-electron chi connectivity index (χ2n) is 6.45. The van der Waals surface area contributed by atoms with Crippen molar-refractivity contribution in [2.75, 3.05) is 5.32 Å². The number of rotatable bonds is 5. The van der Waals surface area contributed by atoms with E-state index in [1.165, 1.54) is 5.56 Å². The Hall–Kier alpha value is -2.37. The van der Waals surface area contributed by atoms with E-state index in [4.69, 9.17) is 0 Å². The normalized spacial score (nSPS) is 16.4. The Balaban J connectivity index is 1.73. The third-order valence-corrected chi connectivity index (χ3v) is 4.75. The Kier molecular flexibility index (Phi) is 5.36. The molecule has 0 aliphatic carbocycles. The lowest BCUT2D eigenvalue weighted by Gasteiger charge is -2.23. The standard InChI is InChI=1S/C19H27N5O/c1-4-13-9-10-14(5-2)16(12-13)21-19(25)20-15-8-7-11-24-18(15)22-17(6-3)23-24/h9-10,12,15H,4-8,11H2,1-3H3,(H2,20,21,25)/t15-/m1/s1. The number of fused-ring (bicyclic) bond motifs is 1. The lowest BCUT2D eigenvalue weighted by atomic mass is 10.1. The molecule has 3 rings (SSSR count). The second-order valence-corrected chi connectivity index (χ2v) is 6.45. The highest BCUT2D eigenvalue weighted by Gasteiger charge is 2.25. The zero-order valence-electron chi connectivity index (χ0n) is 15.3. The van der Waals surface area contributed by atoms with Gasteiger partial charge in [-0.15, -0.1) is 0 Å². The van der Waals surface area contributed by atoms with Crippen molar-refractivity contribution >= 4 is 11.7 Å². The summed E-state index contributed by atoms with van der Waals surface area (Å²) in [5, 5.41) is 10.6. The van der Waals surface area contributed by atoms with Gasteiger partial charge in [0.25, 0.3) is 0 Å². The zero-order valence-corrected chi connectivity index (χ0v) is 15.3. The SMILES string of the molecule is CCc1ccc(CC)c(NC(=O)N[C@@H]2CCCn3nc(CC)nc32)c1. The van der Waals surface area contributed by atoms with Gasteiger partial charge >= 0.3 is 6.03 Å². The fraction of sp³-hybridized carbons (Fsp3) is 0.526. The van der Waals surface area contributed by atoms with Gasteiger partial charge in [-0.25, -0.2) is 14.5 Å². The molecule has 0 fully saturated rings. The van der Waals surface area contributed by atoms with Gasteiger partial charge in [-0.2, -0.15) is 5.10 Å². The van der Waals surface area contributed by atoms with Crippen molar-refractivity contribution in [1.82, 2.24) is 20.1 Å². The first kappa shape index (κ1) is 17.5. The number of aryl methyl sites for hydroxylation is 4. The van der Waals surface area contributed by atoms with Crippen LogP contribution in [-0.4, -0.2) is 20.8 Å². The molecular formula is C19H27N5O. The first-order chi connectivity index (χ1) is 12.1. The van der Waals surface area contributed by atoms with Crippen LogP contribution in [0.1, 0.15) is 62.4 Å². The number of carbonyl (C=O) groups excluding carboxylic acids is 1. The van der Waals surface area contributed by atoms with Gasteiger partial charge in [-0.1, -0.05) is 32.9 Å². The topological polar surface area (TPSA) is 71.8 Å². The van der Waals surface area contributed by atoms with Crippen molar-refractivity contribution in [2.24, 2.45) is 0 Å². The molecule has 6 nitrogen and oxygen atoms in total. The average molecular weight is 341 g/mol. The maximum atomic E-state index is 12.6. The van der Waals surface area contributed by atoms with Crippen molar-refractivity contribution in [3.05, 3.63) is 41.0 Å². The molecule has 2 N–H and O–H groups in total. The molecule has 0 saturated heterocycles. The first-order valence-corrected chi connectivity index (χ1v) is 9.27. The molecular weight excluding hydrogens is 314 g/mol. The molecule has 6 heteroatoms. The lowest BCUT2D eigenvalue weighted by molar-refractivity contribution is 0.244. The lowest BCUT2D eigenvalue weighted by Crippen LogP contribution is -2.36. The monoisotopic (exact) mass is 341 g/mol. The van der Waals surface area contributed by atoms with E-state index in [2.05, 4.69) is 52.8 Å². The van der Waals surface area contributed by atoms with E-state index in [0.717, 1.165) is 61.5 Å². The molecule has 0 radical (unpaired) electrons. The van der Waals surface area contributed by atoms with Crippen molar-refractivity contribution < 1.29 is 4.79 Å². The van der Waals surface area contributed by atoms with E-state index >= 15 is 0 Å². The molecule has 0 saturated carbocycles. The summed E-state index contributed by atoms with van der Waals surface area (Å²) in [7, 11) is 0. The van der Waals surface area contributed by atoms with Gasteiger partial charge in [0.2, 0.25) is 0 Å². The fourth-order valence-electron chi connectivity index (χ4n) is 3.27. The van der Waals surface area contributed by atoms with E-state index in [1.807, 2.05) is 11.6 Å². The van der Waals surface area contributed by atoms with Crippen LogP contribution in [0.4, 0.5) is 10.5 Å². The highest BCUT2D eigenvalue weighted by Crippen LogP contribution is 2.24. The van der Waals surface area contributed by atoms with Gasteiger partial charge in [0.1, 0.15) is 5.82 Å². The number of aromatic nitrogens is 3. The second kappa shape index (κ2) is 7.68. The molecule has 134 valence electrons. The van der Waals surface area contributed by atoms with Gasteiger partial charge in [0.15, 0.2) is 5.82 Å². The summed E-state index contributed by atoms with van der Waals surface area (Å²) in [6.45, 7) is 7.13. The van der Waals surface area contributed by atoms with Crippen LogP contribution < -0.4 is 10.6 Å². The van der Waals surface area contributed by atoms with Crippen LogP contribution >= 0.6 is 0 Å². The van der Waals surface area contributed by atoms with E-state index in [0.29, 0.717) is 0 Å². The molecule has 0 unspecified atom stereocenters. The van der Waals surface area contributed by atoms with Gasteiger partial charge in [0.05, 0.1) is 6.04 Å². The van der Waals surface area contributed by atoms with Crippen molar-refractivity contribution in [3.63, 3.8) is 0 Å². The van der Waals surface area contributed by atoms with Crippen LogP contribution in [0.2, 0.25) is 0 Å². The number of anilines is 1. The molecule has 0 bridgehead atoms. The average Bonchev–Trinajstić information content (AvgIpc) is 3.06. The first-order valence-electron chi connectivity index (χ1n) is 9.27. The minimum atomic E-state index is -0.178. The number of hydrogen-bond acceptors (Lipinski definition) is 3. The Morgan fingerprint density at radius 1 is 1.24 bits per heavy atom. The number of nitrogens with one attached hydrogen (secondary N) is 2. The Labute approximate surface area is 149 Å². The highest BCUT2D eigenvalue weighted by molar-refractivity contribution is 5.90. The Bertz CT molecular complexity index is 752. The summed E-state index contributed by atoms with van der Waals surface area (Å²) in [5.74, 6) is 1.71. The van der Waals surface area contributed by atoms with Gasteiger partial charge < -0.3 is 10.6 Å². The summed E-state index contributed by atoms with van der Waals surface area (Å²) in [4.78, 5) is 17.1. The van der Waals surface area contributed by atoms with Crippen LogP contribution in [0.15, 0.2) is 18.2 Å². The summed E-state index contributed by atoms with van der Waals surface area (Å²) >= 11 is 0. The number of urea groups is 1. The van der Waals surface area contributed by atoms with E-state index in [1.54, 1.807) is 0 Å². The maximum Gasteiger partial charge on any atom is 0.319 e. The molecule has 2 aromatic rings. The summed E-state index contributed by atoms with van der Waals surface area (Å²) in [6, 6.07) is 6.02. The van der Waals surface area contributed by atoms with E-state index in [-0.39, 0.29) is 12.1 Å². The summed E-state index contributed by atoms with van der Waals surface area (Å²) in [6.07, 6.45) is 4.53. The quantitative estimate of drug-likeness (QED) is 0.872. The molecule has 2 heterocycles. The minimum Gasteiger partial charge on any atom is -0.328 e. The number of hydrogen-bond donors (Lipinski definition) is 2. The summed E-state index contributed by atoms with van der Waals surface area (Å²) in [5.41, 5.74) is 3.26. The largest absolute Gasteiger partial charge is 0.328 e. The Morgan fingerprint density at radius 2 is 2.08 bits per heavy atom. The highest BCUT2D eigenvalue weighted by atomic mass is 16.2. The summed E-state index contributed by atoms with van der Waals surface area (Å²) < 4.78 is 1.93. The molecule has 0 spiro atoms. The van der Waals surface area contributed by atoms with E-state index in [9.17, 15) is 4.79 Å².